The van der Waals surface area contributed by atoms with E-state index in [1.807, 2.05) is 0 Å². The number of hydrogen-bond donors (Lipinski definition) is 1. The third-order valence-electron chi connectivity index (χ3n) is 4.01. The fourth-order valence-corrected chi connectivity index (χ4v) is 2.65. The maximum atomic E-state index is 13.1. The zero-order valence-electron chi connectivity index (χ0n) is 15.6. The van der Waals surface area contributed by atoms with Gasteiger partial charge in [0.05, 0.1) is 30.3 Å². The predicted molar refractivity (Wildman–Crippen MR) is 102 cm³/mol. The van der Waals surface area contributed by atoms with Gasteiger partial charge in [-0.3, -0.25) is 9.59 Å². The van der Waals surface area contributed by atoms with Crippen molar-refractivity contribution in [3.05, 3.63) is 84.2 Å². The summed E-state index contributed by atoms with van der Waals surface area (Å²) < 4.78 is 49.7. The number of amides is 2. The molecule has 0 unspecified atom stereocenters. The number of anilines is 1. The Balaban J connectivity index is 1.74. The van der Waals surface area contributed by atoms with Crippen LogP contribution in [0.1, 0.15) is 17.1 Å². The molecule has 0 saturated carbocycles. The number of rotatable bonds is 7. The molecule has 2 aromatic heterocycles. The zero-order chi connectivity index (χ0) is 21.6. The number of benzene rings is 1. The highest BCUT2D eigenvalue weighted by Crippen LogP contribution is 2.34. The Kier molecular flexibility index (Phi) is 6.41. The Morgan fingerprint density at radius 2 is 1.73 bits per heavy atom. The van der Waals surface area contributed by atoms with Crippen molar-refractivity contribution in [1.29, 1.82) is 0 Å². The molecule has 0 bridgehead atoms. The standard InChI is InChI=1S/C21H17F3N2O4/c22-21(23,24)17-7-1-2-8-18(17)25-19(27)14-26(13-16-6-4-12-30-16)20(28)10-9-15-5-3-11-29-15/h1-12H,13-14H2,(H,25,27). The van der Waals surface area contributed by atoms with Crippen molar-refractivity contribution in [1.82, 2.24) is 4.90 Å². The van der Waals surface area contributed by atoms with Crippen LogP contribution >= 0.6 is 0 Å². The molecule has 156 valence electrons. The minimum Gasteiger partial charge on any atom is -0.467 e. The number of halogens is 3. The Morgan fingerprint density at radius 1 is 1.00 bits per heavy atom. The predicted octanol–water partition coefficient (Wildman–Crippen LogP) is 4.57. The van der Waals surface area contributed by atoms with Crippen molar-refractivity contribution in [2.24, 2.45) is 0 Å². The lowest BCUT2D eigenvalue weighted by Gasteiger charge is -2.20. The number of hydrogen-bond acceptors (Lipinski definition) is 4. The lowest BCUT2D eigenvalue weighted by molar-refractivity contribution is -0.137. The third-order valence-corrected chi connectivity index (χ3v) is 4.01. The fourth-order valence-electron chi connectivity index (χ4n) is 2.65. The van der Waals surface area contributed by atoms with Gasteiger partial charge in [0, 0.05) is 6.08 Å². The third kappa shape index (κ3) is 5.63. The van der Waals surface area contributed by atoms with E-state index < -0.39 is 30.1 Å². The van der Waals surface area contributed by atoms with Crippen molar-refractivity contribution < 1.29 is 31.6 Å². The van der Waals surface area contributed by atoms with Crippen molar-refractivity contribution in [2.75, 3.05) is 11.9 Å². The molecule has 1 aromatic carbocycles. The highest BCUT2D eigenvalue weighted by molar-refractivity contribution is 5.98. The summed E-state index contributed by atoms with van der Waals surface area (Å²) >= 11 is 0. The summed E-state index contributed by atoms with van der Waals surface area (Å²) in [4.78, 5) is 26.1. The van der Waals surface area contributed by atoms with Crippen LogP contribution < -0.4 is 5.32 Å². The molecule has 9 heteroatoms. The number of furan rings is 2. The Bertz CT molecular complexity index is 1010. The number of carbonyl (C=O) groups excluding carboxylic acids is 2. The second-order valence-corrected chi connectivity index (χ2v) is 6.21. The van der Waals surface area contributed by atoms with Crippen LogP contribution in [0.2, 0.25) is 0 Å². The molecule has 0 saturated heterocycles. The van der Waals surface area contributed by atoms with E-state index in [1.54, 1.807) is 24.3 Å². The van der Waals surface area contributed by atoms with E-state index in [4.69, 9.17) is 8.83 Å². The SMILES string of the molecule is O=C(CN(Cc1ccco1)C(=O)C=Cc1ccco1)Nc1ccccc1C(F)(F)F. The molecule has 0 radical (unpaired) electrons. The average molecular weight is 418 g/mol. The number of alkyl halides is 3. The molecule has 0 aliphatic rings. The van der Waals surface area contributed by atoms with Crippen LogP contribution in [-0.4, -0.2) is 23.3 Å². The first-order valence-electron chi connectivity index (χ1n) is 8.82. The number of carbonyl (C=O) groups is 2. The van der Waals surface area contributed by atoms with E-state index in [2.05, 4.69) is 5.32 Å². The summed E-state index contributed by atoms with van der Waals surface area (Å²) in [6, 6.07) is 11.2. The van der Waals surface area contributed by atoms with Crippen LogP contribution in [0.4, 0.5) is 18.9 Å². The summed E-state index contributed by atoms with van der Waals surface area (Å²) in [5.41, 5.74) is -1.36. The molecule has 6 nitrogen and oxygen atoms in total. The molecular formula is C21H17F3N2O4. The second-order valence-electron chi connectivity index (χ2n) is 6.21. The van der Waals surface area contributed by atoms with Crippen LogP contribution in [0.5, 0.6) is 0 Å². The topological polar surface area (TPSA) is 75.7 Å². The number of nitrogens with zero attached hydrogens (tertiary/aromatic N) is 1. The molecule has 0 aliphatic heterocycles. The van der Waals surface area contributed by atoms with Gasteiger partial charge in [0.15, 0.2) is 0 Å². The second kappa shape index (κ2) is 9.17. The normalized spacial score (nSPS) is 11.6. The molecule has 30 heavy (non-hydrogen) atoms. The Hall–Kier alpha value is -3.75. The van der Waals surface area contributed by atoms with Gasteiger partial charge in [-0.1, -0.05) is 12.1 Å². The van der Waals surface area contributed by atoms with Gasteiger partial charge in [0.2, 0.25) is 11.8 Å². The maximum absolute atomic E-state index is 13.1. The van der Waals surface area contributed by atoms with E-state index in [-0.39, 0.29) is 12.2 Å². The number of para-hydroxylation sites is 1. The molecule has 0 atom stereocenters. The molecule has 1 N–H and O–H groups in total. The van der Waals surface area contributed by atoms with Crippen molar-refractivity contribution in [3.63, 3.8) is 0 Å². The summed E-state index contributed by atoms with van der Waals surface area (Å²) in [5.74, 6) is -0.469. The molecule has 0 spiro atoms. The zero-order valence-corrected chi connectivity index (χ0v) is 15.6. The van der Waals surface area contributed by atoms with Gasteiger partial charge in [-0.15, -0.1) is 0 Å². The van der Waals surface area contributed by atoms with Gasteiger partial charge >= 0.3 is 6.18 Å². The quantitative estimate of drug-likeness (QED) is 0.571. The lowest BCUT2D eigenvalue weighted by atomic mass is 10.1. The molecule has 0 aliphatic carbocycles. The minimum absolute atomic E-state index is 0.0390. The molecule has 2 heterocycles. The summed E-state index contributed by atoms with van der Waals surface area (Å²) in [6.07, 6.45) is 0.860. The molecule has 2 amide bonds. The largest absolute Gasteiger partial charge is 0.467 e. The molecule has 3 aromatic rings. The van der Waals surface area contributed by atoms with Crippen molar-refractivity contribution in [2.45, 2.75) is 12.7 Å². The Labute approximate surface area is 169 Å². The molecular weight excluding hydrogens is 401 g/mol. The van der Waals surface area contributed by atoms with Crippen LogP contribution in [-0.2, 0) is 22.3 Å². The van der Waals surface area contributed by atoms with Gasteiger partial charge in [-0.2, -0.15) is 13.2 Å². The van der Waals surface area contributed by atoms with Crippen molar-refractivity contribution >= 4 is 23.6 Å². The van der Waals surface area contributed by atoms with Crippen LogP contribution in [0, 0.1) is 0 Å². The first-order valence-corrected chi connectivity index (χ1v) is 8.82. The van der Waals surface area contributed by atoms with Crippen LogP contribution in [0.25, 0.3) is 6.08 Å². The van der Waals surface area contributed by atoms with Crippen LogP contribution in [0.3, 0.4) is 0 Å². The summed E-state index contributed by atoms with van der Waals surface area (Å²) in [5, 5.41) is 2.23. The van der Waals surface area contributed by atoms with E-state index in [0.717, 1.165) is 17.0 Å². The van der Waals surface area contributed by atoms with Gasteiger partial charge in [0.1, 0.15) is 18.1 Å². The van der Waals surface area contributed by atoms with Gasteiger partial charge in [-0.25, -0.2) is 0 Å². The van der Waals surface area contributed by atoms with Gasteiger partial charge in [-0.05, 0) is 42.5 Å². The molecule has 0 fully saturated rings. The average Bonchev–Trinajstić information content (AvgIpc) is 3.39. The van der Waals surface area contributed by atoms with Gasteiger partial charge in [0.25, 0.3) is 0 Å². The maximum Gasteiger partial charge on any atom is 0.418 e. The highest BCUT2D eigenvalue weighted by Gasteiger charge is 2.33. The monoisotopic (exact) mass is 418 g/mol. The van der Waals surface area contributed by atoms with Crippen molar-refractivity contribution in [3.8, 4) is 0 Å². The van der Waals surface area contributed by atoms with E-state index in [1.165, 1.54) is 36.8 Å². The van der Waals surface area contributed by atoms with Gasteiger partial charge < -0.3 is 19.1 Å². The van der Waals surface area contributed by atoms with E-state index >= 15 is 0 Å². The number of nitrogens with one attached hydrogen (secondary N) is 1. The van der Waals surface area contributed by atoms with E-state index in [0.29, 0.717) is 11.5 Å². The smallest absolute Gasteiger partial charge is 0.418 e. The molecule has 3 rings (SSSR count). The van der Waals surface area contributed by atoms with E-state index in [9.17, 15) is 22.8 Å². The summed E-state index contributed by atoms with van der Waals surface area (Å²) in [6.45, 7) is -0.517. The first kappa shape index (κ1) is 21.0. The first-order chi connectivity index (χ1) is 14.3. The lowest BCUT2D eigenvalue weighted by Crippen LogP contribution is -2.36. The highest BCUT2D eigenvalue weighted by atomic mass is 19.4. The summed E-state index contributed by atoms with van der Waals surface area (Å²) in [7, 11) is 0. The van der Waals surface area contributed by atoms with Crippen LogP contribution in [0.15, 0.2) is 76.0 Å². The fraction of sp³-hybridized carbons (Fsp3) is 0.143. The minimum atomic E-state index is -4.63. The Morgan fingerprint density at radius 3 is 2.40 bits per heavy atom.